The van der Waals surface area contributed by atoms with Gasteiger partial charge >= 0.3 is 0 Å². The Morgan fingerprint density at radius 3 is 2.65 bits per heavy atom. The minimum absolute atomic E-state index is 0.129. The van der Waals surface area contributed by atoms with Gasteiger partial charge in [-0.1, -0.05) is 30.4 Å². The number of aromatic nitrogens is 2. The Morgan fingerprint density at radius 2 is 2.00 bits per heavy atom. The van der Waals surface area contributed by atoms with Gasteiger partial charge in [0.25, 0.3) is 5.69 Å². The van der Waals surface area contributed by atoms with Gasteiger partial charge in [0.15, 0.2) is 0 Å². The van der Waals surface area contributed by atoms with E-state index in [0.717, 1.165) is 11.4 Å². The quantitative estimate of drug-likeness (QED) is 0.311. The lowest BCUT2D eigenvalue weighted by Gasteiger charge is -2.01. The van der Waals surface area contributed by atoms with Crippen molar-refractivity contribution in [2.24, 2.45) is 4.99 Å². The molecule has 0 atom stereocenters. The summed E-state index contributed by atoms with van der Waals surface area (Å²) in [6, 6.07) is 14.1. The van der Waals surface area contributed by atoms with Gasteiger partial charge in [0, 0.05) is 11.9 Å². The summed E-state index contributed by atoms with van der Waals surface area (Å²) < 4.78 is 7.35. The largest absolute Gasteiger partial charge is 0.496 e. The molecule has 3 rings (SSSR count). The lowest BCUT2D eigenvalue weighted by molar-refractivity contribution is -0.384. The first-order valence-corrected chi connectivity index (χ1v) is 8.15. The fourth-order valence-electron chi connectivity index (χ4n) is 2.49. The molecule has 0 saturated heterocycles. The molecule has 8 heteroatoms. The Bertz CT molecular complexity index is 1040. The van der Waals surface area contributed by atoms with E-state index in [-0.39, 0.29) is 11.4 Å². The molecule has 2 aromatic carbocycles. The number of aryl methyl sites for hydroxylation is 1. The zero-order valence-electron chi connectivity index (χ0n) is 14.2. The average Bonchev–Trinajstić information content (AvgIpc) is 2.94. The maximum Gasteiger partial charge on any atom is 0.298 e. The molecule has 0 unspecified atom stereocenters. The number of H-pyrrole nitrogens is 1. The number of aromatic amines is 1. The predicted molar refractivity (Wildman–Crippen MR) is 103 cm³/mol. The molecule has 7 nitrogen and oxygen atoms in total. The van der Waals surface area contributed by atoms with E-state index < -0.39 is 4.92 Å². The van der Waals surface area contributed by atoms with Crippen molar-refractivity contribution in [3.8, 4) is 11.4 Å². The van der Waals surface area contributed by atoms with Crippen LogP contribution in [-0.4, -0.2) is 28.0 Å². The standard InChI is InChI=1S/C18H16N4O3S/c1-12-15(18(26)21(20-12)13-6-4-3-5-7-13)11-19-16-9-8-14(25-2)10-17(16)22(23)24/h3-11,20H,1-2H3. The highest BCUT2D eigenvalue weighted by atomic mass is 32.1. The first-order valence-electron chi connectivity index (χ1n) is 7.75. The summed E-state index contributed by atoms with van der Waals surface area (Å²) in [4.78, 5) is 15.1. The Hall–Kier alpha value is -3.26. The van der Waals surface area contributed by atoms with E-state index in [9.17, 15) is 10.1 Å². The monoisotopic (exact) mass is 368 g/mol. The van der Waals surface area contributed by atoms with Crippen molar-refractivity contribution in [1.29, 1.82) is 0 Å². The zero-order valence-corrected chi connectivity index (χ0v) is 15.0. The Kier molecular flexibility index (Phi) is 4.94. The molecule has 0 bridgehead atoms. The molecule has 1 heterocycles. The third-order valence-electron chi connectivity index (χ3n) is 3.84. The number of ether oxygens (including phenoxy) is 1. The highest BCUT2D eigenvalue weighted by Crippen LogP contribution is 2.31. The molecule has 0 amide bonds. The SMILES string of the molecule is COc1ccc(N=Cc2c(C)[nH]n(-c3ccccc3)c2=S)c([N+](=O)[O-])c1. The van der Waals surface area contributed by atoms with Gasteiger partial charge in [0.1, 0.15) is 16.1 Å². The van der Waals surface area contributed by atoms with Crippen LogP contribution in [0.15, 0.2) is 53.5 Å². The Morgan fingerprint density at radius 1 is 1.27 bits per heavy atom. The molecule has 0 saturated carbocycles. The summed E-state index contributed by atoms with van der Waals surface area (Å²) in [7, 11) is 1.46. The fourth-order valence-corrected chi connectivity index (χ4v) is 2.85. The topological polar surface area (TPSA) is 85.4 Å². The molecule has 1 N–H and O–H groups in total. The number of methoxy groups -OCH3 is 1. The van der Waals surface area contributed by atoms with E-state index in [1.54, 1.807) is 23.0 Å². The van der Waals surface area contributed by atoms with Crippen LogP contribution in [0.5, 0.6) is 5.75 Å². The number of para-hydroxylation sites is 1. The molecule has 3 aromatic rings. The number of hydrogen-bond donors (Lipinski definition) is 1. The number of nitro benzene ring substituents is 1. The van der Waals surface area contributed by atoms with Crippen LogP contribution >= 0.6 is 12.2 Å². The van der Waals surface area contributed by atoms with Crippen molar-refractivity contribution in [2.75, 3.05) is 7.11 Å². The van der Waals surface area contributed by atoms with Gasteiger partial charge in [-0.2, -0.15) is 0 Å². The molecule has 0 aliphatic carbocycles. The van der Waals surface area contributed by atoms with E-state index >= 15 is 0 Å². The van der Waals surface area contributed by atoms with Crippen molar-refractivity contribution in [3.63, 3.8) is 0 Å². The molecule has 0 fully saturated rings. The summed E-state index contributed by atoms with van der Waals surface area (Å²) in [6.07, 6.45) is 1.54. The van der Waals surface area contributed by atoms with Gasteiger partial charge in [-0.15, -0.1) is 0 Å². The van der Waals surface area contributed by atoms with Crippen molar-refractivity contribution in [3.05, 3.63) is 74.5 Å². The fraction of sp³-hybridized carbons (Fsp3) is 0.111. The Balaban J connectivity index is 2.01. The number of hydrogen-bond acceptors (Lipinski definition) is 5. The van der Waals surface area contributed by atoms with Crippen LogP contribution < -0.4 is 4.74 Å². The summed E-state index contributed by atoms with van der Waals surface area (Å²) in [5, 5.41) is 14.5. The average molecular weight is 368 g/mol. The van der Waals surface area contributed by atoms with Gasteiger partial charge in [0.05, 0.1) is 29.4 Å². The van der Waals surface area contributed by atoms with Gasteiger partial charge < -0.3 is 4.74 Å². The normalized spacial score (nSPS) is 11.0. The van der Waals surface area contributed by atoms with Crippen LogP contribution in [0.4, 0.5) is 11.4 Å². The number of rotatable bonds is 5. The molecule has 0 radical (unpaired) electrons. The molecular weight excluding hydrogens is 352 g/mol. The first-order chi connectivity index (χ1) is 12.5. The van der Waals surface area contributed by atoms with Gasteiger partial charge in [-0.3, -0.25) is 15.2 Å². The number of nitrogens with zero attached hydrogens (tertiary/aromatic N) is 3. The second kappa shape index (κ2) is 7.32. The lowest BCUT2D eigenvalue weighted by Crippen LogP contribution is -1.95. The number of nitro groups is 1. The first kappa shape index (κ1) is 17.6. The third kappa shape index (κ3) is 3.40. The van der Waals surface area contributed by atoms with Crippen LogP contribution in [0.25, 0.3) is 5.69 Å². The van der Waals surface area contributed by atoms with Crippen molar-refractivity contribution in [2.45, 2.75) is 6.92 Å². The minimum atomic E-state index is -0.488. The molecular formula is C18H16N4O3S. The summed E-state index contributed by atoms with van der Waals surface area (Å²) in [5.41, 5.74) is 2.52. The zero-order chi connectivity index (χ0) is 18.7. The van der Waals surface area contributed by atoms with Gasteiger partial charge in [-0.25, -0.2) is 9.67 Å². The maximum atomic E-state index is 11.3. The van der Waals surface area contributed by atoms with Crippen LogP contribution in [-0.2, 0) is 0 Å². The predicted octanol–water partition coefficient (Wildman–Crippen LogP) is 4.51. The van der Waals surface area contributed by atoms with E-state index in [0.29, 0.717) is 16.0 Å². The lowest BCUT2D eigenvalue weighted by atomic mass is 10.2. The highest BCUT2D eigenvalue weighted by molar-refractivity contribution is 7.71. The third-order valence-corrected chi connectivity index (χ3v) is 4.25. The number of nitrogens with one attached hydrogen (secondary N) is 1. The molecule has 0 aliphatic rings. The molecule has 26 heavy (non-hydrogen) atoms. The van der Waals surface area contributed by atoms with E-state index in [4.69, 9.17) is 17.0 Å². The highest BCUT2D eigenvalue weighted by Gasteiger charge is 2.15. The van der Waals surface area contributed by atoms with Crippen LogP contribution in [0.2, 0.25) is 0 Å². The molecule has 132 valence electrons. The smallest absolute Gasteiger partial charge is 0.298 e. The molecule has 0 spiro atoms. The van der Waals surface area contributed by atoms with Crippen molar-refractivity contribution < 1.29 is 9.66 Å². The van der Waals surface area contributed by atoms with Gasteiger partial charge in [0.2, 0.25) is 0 Å². The van der Waals surface area contributed by atoms with Gasteiger partial charge in [-0.05, 0) is 31.2 Å². The second-order valence-corrected chi connectivity index (χ2v) is 5.88. The number of benzene rings is 2. The van der Waals surface area contributed by atoms with Crippen molar-refractivity contribution in [1.82, 2.24) is 9.78 Å². The van der Waals surface area contributed by atoms with E-state index in [2.05, 4.69) is 10.1 Å². The summed E-state index contributed by atoms with van der Waals surface area (Å²) >= 11 is 5.52. The number of aliphatic imine (C=N–C) groups is 1. The van der Waals surface area contributed by atoms with E-state index in [1.165, 1.54) is 13.2 Å². The Labute approximate surface area is 154 Å². The summed E-state index contributed by atoms with van der Waals surface area (Å²) in [6.45, 7) is 1.87. The van der Waals surface area contributed by atoms with Crippen molar-refractivity contribution >= 4 is 29.8 Å². The summed E-state index contributed by atoms with van der Waals surface area (Å²) in [5.74, 6) is 0.402. The molecule has 1 aromatic heterocycles. The van der Waals surface area contributed by atoms with Crippen LogP contribution in [0.3, 0.4) is 0 Å². The van der Waals surface area contributed by atoms with Crippen LogP contribution in [0.1, 0.15) is 11.3 Å². The van der Waals surface area contributed by atoms with Crippen LogP contribution in [0, 0.1) is 21.7 Å². The van der Waals surface area contributed by atoms with E-state index in [1.807, 2.05) is 37.3 Å². The maximum absolute atomic E-state index is 11.3. The minimum Gasteiger partial charge on any atom is -0.496 e. The second-order valence-electron chi connectivity index (χ2n) is 5.50. The molecule has 0 aliphatic heterocycles.